The van der Waals surface area contributed by atoms with Crippen LogP contribution < -0.4 is 0 Å². The summed E-state index contributed by atoms with van der Waals surface area (Å²) in [6.07, 6.45) is 0.613. The summed E-state index contributed by atoms with van der Waals surface area (Å²) in [6.45, 7) is 3.66. The Morgan fingerprint density at radius 2 is 2.10 bits per heavy atom. The fraction of sp³-hybridized carbons (Fsp3) is 1.00. The molecule has 0 aliphatic heterocycles. The molecule has 0 aliphatic carbocycles. The van der Waals surface area contributed by atoms with Crippen molar-refractivity contribution in [3.8, 4) is 0 Å². The van der Waals surface area contributed by atoms with Gasteiger partial charge in [0.15, 0.2) is 0 Å². The average Bonchev–Trinajstić information content (AvgIpc) is 1.80. The summed E-state index contributed by atoms with van der Waals surface area (Å²) in [5, 5.41) is -0.569. The molecule has 0 heterocycles. The molecule has 0 saturated heterocycles. The third kappa shape index (κ3) is 4.03. The Morgan fingerprint density at radius 3 is 2.40 bits per heavy atom. The van der Waals surface area contributed by atoms with Crippen molar-refractivity contribution >= 4 is 19.6 Å². The molecule has 10 heavy (non-hydrogen) atoms. The highest BCUT2D eigenvalue weighted by molar-refractivity contribution is 7.86. The molecule has 0 aliphatic rings. The van der Waals surface area contributed by atoms with Gasteiger partial charge >= 0.3 is 0 Å². The van der Waals surface area contributed by atoms with E-state index in [2.05, 4.69) is 6.55 Å². The molecule has 0 amide bonds. The molecule has 0 aromatic rings. The van der Waals surface area contributed by atoms with Gasteiger partial charge in [0.25, 0.3) is 10.1 Å². The van der Waals surface area contributed by atoms with Crippen LogP contribution in [0.1, 0.15) is 13.3 Å². The van der Waals surface area contributed by atoms with Gasteiger partial charge in [0, 0.05) is 9.52 Å². The molecule has 0 aromatic carbocycles. The minimum Gasteiger partial charge on any atom is -0.285 e. The maximum absolute atomic E-state index is 10.4. The zero-order chi connectivity index (χ0) is 8.20. The molecule has 1 atom stereocenters. The van der Waals surface area contributed by atoms with Crippen molar-refractivity contribution in [2.24, 2.45) is 0 Å². The van der Waals surface area contributed by atoms with E-state index in [9.17, 15) is 8.42 Å². The minimum absolute atomic E-state index is 0.0623. The molecule has 0 radical (unpaired) electrons. The van der Waals surface area contributed by atoms with E-state index in [0.29, 0.717) is 6.42 Å². The van der Waals surface area contributed by atoms with Crippen LogP contribution in [0.5, 0.6) is 0 Å². The quantitative estimate of drug-likeness (QED) is 0.502. The fourth-order valence-electron chi connectivity index (χ4n) is 0.641. The van der Waals surface area contributed by atoms with E-state index in [1.54, 1.807) is 6.92 Å². The smallest absolute Gasteiger partial charge is 0.267 e. The van der Waals surface area contributed by atoms with E-state index in [1.807, 2.05) is 0 Å². The van der Waals surface area contributed by atoms with Crippen molar-refractivity contribution in [2.75, 3.05) is 0 Å². The summed E-state index contributed by atoms with van der Waals surface area (Å²) in [6, 6.07) is 0.987. The van der Waals surface area contributed by atoms with Gasteiger partial charge in [0.2, 0.25) is 0 Å². The number of rotatable bonds is 4. The minimum atomic E-state index is -3.75. The Kier molecular flexibility index (Phi) is 4.15. The van der Waals surface area contributed by atoms with Crippen molar-refractivity contribution in [3.63, 3.8) is 0 Å². The van der Waals surface area contributed by atoms with Gasteiger partial charge in [-0.05, 0) is 13.3 Å². The van der Waals surface area contributed by atoms with Gasteiger partial charge in [-0.15, -0.1) is 0 Å². The third-order valence-corrected chi connectivity index (χ3v) is 3.84. The Hall–Kier alpha value is 0.127. The van der Waals surface area contributed by atoms with E-state index in [4.69, 9.17) is 4.55 Å². The first-order valence-corrected chi connectivity index (χ1v) is 7.36. The summed E-state index contributed by atoms with van der Waals surface area (Å²) in [7, 11) is -3.82. The largest absolute Gasteiger partial charge is 0.285 e. The van der Waals surface area contributed by atoms with Crippen LogP contribution in [-0.2, 0) is 10.1 Å². The van der Waals surface area contributed by atoms with Crippen molar-refractivity contribution in [1.82, 2.24) is 0 Å². The van der Waals surface area contributed by atoms with Crippen LogP contribution in [0.25, 0.3) is 0 Å². The van der Waals surface area contributed by atoms with Crippen LogP contribution in [0.3, 0.4) is 0 Å². The molecular weight excluding hydrogens is 168 g/mol. The maximum atomic E-state index is 10.4. The Labute approximate surface area is 64.4 Å². The monoisotopic (exact) mass is 182 g/mol. The lowest BCUT2D eigenvalue weighted by molar-refractivity contribution is 0.468. The lowest BCUT2D eigenvalue weighted by Crippen LogP contribution is -2.16. The first kappa shape index (κ1) is 10.1. The predicted octanol–water partition coefficient (Wildman–Crippen LogP) is 0.288. The van der Waals surface area contributed by atoms with E-state index < -0.39 is 15.4 Å². The second-order valence-electron chi connectivity index (χ2n) is 2.47. The molecule has 5 heteroatoms. The molecular formula is C5H14O3SSi. The van der Waals surface area contributed by atoms with Gasteiger partial charge in [-0.25, -0.2) is 0 Å². The average molecular weight is 182 g/mol. The Morgan fingerprint density at radius 1 is 1.60 bits per heavy atom. The molecule has 0 saturated carbocycles. The normalized spacial score (nSPS) is 16.3. The second-order valence-corrected chi connectivity index (χ2v) is 6.01. The SMILES string of the molecule is C[SiH2]CCC(C)S(=O)(=O)O. The van der Waals surface area contributed by atoms with Crippen LogP contribution in [0.15, 0.2) is 0 Å². The lowest BCUT2D eigenvalue weighted by Gasteiger charge is -2.04. The first-order chi connectivity index (χ1) is 4.48. The van der Waals surface area contributed by atoms with Crippen molar-refractivity contribution in [2.45, 2.75) is 31.2 Å². The van der Waals surface area contributed by atoms with Gasteiger partial charge < -0.3 is 0 Å². The maximum Gasteiger partial charge on any atom is 0.267 e. The molecule has 3 nitrogen and oxygen atoms in total. The van der Waals surface area contributed by atoms with Gasteiger partial charge in [0.1, 0.15) is 0 Å². The van der Waals surface area contributed by atoms with Gasteiger partial charge in [0.05, 0.1) is 5.25 Å². The van der Waals surface area contributed by atoms with E-state index in [0.717, 1.165) is 6.04 Å². The summed E-state index contributed by atoms with van der Waals surface area (Å²) in [5.74, 6) is 0. The van der Waals surface area contributed by atoms with Crippen LogP contribution in [0, 0.1) is 0 Å². The van der Waals surface area contributed by atoms with Crippen molar-refractivity contribution in [3.05, 3.63) is 0 Å². The number of hydrogen-bond donors (Lipinski definition) is 1. The standard InChI is InChI=1S/C5H14O3SSi/c1-5(3-4-10-2)9(6,7)8/h5H,3-4,10H2,1-2H3,(H,6,7,8). The molecule has 0 rings (SSSR count). The highest BCUT2D eigenvalue weighted by Gasteiger charge is 2.15. The van der Waals surface area contributed by atoms with E-state index in [1.165, 1.54) is 0 Å². The summed E-state index contributed by atoms with van der Waals surface area (Å²) < 4.78 is 29.3. The molecule has 0 spiro atoms. The van der Waals surface area contributed by atoms with Gasteiger partial charge in [-0.1, -0.05) is 12.6 Å². The van der Waals surface area contributed by atoms with Crippen molar-refractivity contribution < 1.29 is 13.0 Å². The highest BCUT2D eigenvalue weighted by atomic mass is 32.2. The topological polar surface area (TPSA) is 54.4 Å². The molecule has 1 N–H and O–H groups in total. The zero-order valence-electron chi connectivity index (χ0n) is 6.37. The van der Waals surface area contributed by atoms with Gasteiger partial charge in [-0.3, -0.25) is 4.55 Å². The molecule has 62 valence electrons. The molecule has 0 fully saturated rings. The van der Waals surface area contributed by atoms with Gasteiger partial charge in [-0.2, -0.15) is 8.42 Å². The summed E-state index contributed by atoms with van der Waals surface area (Å²) in [5.41, 5.74) is 0. The molecule has 1 unspecified atom stereocenters. The predicted molar refractivity (Wildman–Crippen MR) is 44.8 cm³/mol. The van der Waals surface area contributed by atoms with E-state index >= 15 is 0 Å². The van der Waals surface area contributed by atoms with Crippen LogP contribution >= 0.6 is 0 Å². The van der Waals surface area contributed by atoms with Crippen LogP contribution in [0.2, 0.25) is 12.6 Å². The van der Waals surface area contributed by atoms with Crippen LogP contribution in [0.4, 0.5) is 0 Å². The Bertz CT molecular complexity index is 175. The number of hydrogen-bond acceptors (Lipinski definition) is 2. The second kappa shape index (κ2) is 4.10. The summed E-state index contributed by atoms with van der Waals surface area (Å²) >= 11 is 0. The lowest BCUT2D eigenvalue weighted by atomic mass is 10.4. The Balaban J connectivity index is 3.75. The highest BCUT2D eigenvalue weighted by Crippen LogP contribution is 2.05. The zero-order valence-corrected chi connectivity index (χ0v) is 8.60. The first-order valence-electron chi connectivity index (χ1n) is 3.44. The summed E-state index contributed by atoms with van der Waals surface area (Å²) in [4.78, 5) is 0. The molecule has 0 aromatic heterocycles. The molecule has 0 bridgehead atoms. The van der Waals surface area contributed by atoms with Crippen molar-refractivity contribution in [1.29, 1.82) is 0 Å². The van der Waals surface area contributed by atoms with E-state index in [-0.39, 0.29) is 9.52 Å². The van der Waals surface area contributed by atoms with Crippen LogP contribution in [-0.4, -0.2) is 27.7 Å². The fourth-order valence-corrected chi connectivity index (χ4v) is 2.42. The third-order valence-electron chi connectivity index (χ3n) is 1.47.